The van der Waals surface area contributed by atoms with Crippen molar-refractivity contribution in [3.63, 3.8) is 0 Å². The summed E-state index contributed by atoms with van der Waals surface area (Å²) >= 11 is 0. The maximum Gasteiger partial charge on any atom is 0.335 e. The summed E-state index contributed by atoms with van der Waals surface area (Å²) in [6.45, 7) is 6.16. The van der Waals surface area contributed by atoms with Gasteiger partial charge in [-0.2, -0.15) is 0 Å². The van der Waals surface area contributed by atoms with Crippen molar-refractivity contribution in [2.45, 2.75) is 6.92 Å². The van der Waals surface area contributed by atoms with Crippen molar-refractivity contribution in [3.05, 3.63) is 35.5 Å². The Balaban J connectivity index is 2.13. The number of carbonyl (C=O) groups is 1. The number of fused-ring (bicyclic) bond motifs is 1. The van der Waals surface area contributed by atoms with Gasteiger partial charge in [0.15, 0.2) is 0 Å². The van der Waals surface area contributed by atoms with Gasteiger partial charge in [0.25, 0.3) is 0 Å². The predicted molar refractivity (Wildman–Crippen MR) is 77.3 cm³/mol. The number of carboxylic acids is 1. The van der Waals surface area contributed by atoms with Gasteiger partial charge >= 0.3 is 5.97 Å². The van der Waals surface area contributed by atoms with Crippen molar-refractivity contribution in [3.8, 4) is 0 Å². The van der Waals surface area contributed by atoms with Crippen LogP contribution in [0.1, 0.15) is 16.1 Å². The standard InChI is InChI=1S/C15H17N3O2/c1-10-8-14(18-6-4-16-5-7-18)12-3-2-11(15(19)20)9-13(12)17-10/h2-3,8-9,16H,4-7H2,1H3,(H,19,20)/p+1. The number of aromatic carboxylic acids is 1. The van der Waals surface area contributed by atoms with Gasteiger partial charge in [0, 0.05) is 16.8 Å². The van der Waals surface area contributed by atoms with Crippen LogP contribution in [-0.4, -0.2) is 42.2 Å². The van der Waals surface area contributed by atoms with Crippen LogP contribution in [0.3, 0.4) is 0 Å². The number of aryl methyl sites for hydroxylation is 1. The molecule has 0 atom stereocenters. The summed E-state index contributed by atoms with van der Waals surface area (Å²) < 4.78 is 0. The summed E-state index contributed by atoms with van der Waals surface area (Å²) in [4.78, 5) is 17.9. The van der Waals surface area contributed by atoms with Crippen molar-refractivity contribution in [2.24, 2.45) is 0 Å². The highest BCUT2D eigenvalue weighted by Crippen LogP contribution is 2.27. The van der Waals surface area contributed by atoms with Crippen LogP contribution in [0, 0.1) is 6.92 Å². The molecule has 104 valence electrons. The third-order valence-corrected chi connectivity index (χ3v) is 3.71. The van der Waals surface area contributed by atoms with Crippen LogP contribution in [0.4, 0.5) is 5.69 Å². The first-order valence-electron chi connectivity index (χ1n) is 6.86. The number of pyridine rings is 1. The summed E-state index contributed by atoms with van der Waals surface area (Å²) in [6.07, 6.45) is 0. The maximum atomic E-state index is 11.1. The van der Waals surface area contributed by atoms with Crippen molar-refractivity contribution >= 4 is 22.6 Å². The van der Waals surface area contributed by atoms with Crippen molar-refractivity contribution in [2.75, 3.05) is 31.1 Å². The van der Waals surface area contributed by atoms with E-state index < -0.39 is 5.97 Å². The number of nitrogens with two attached hydrogens (primary N) is 1. The molecular weight excluding hydrogens is 254 g/mol. The molecular formula is C15H18N3O2+. The van der Waals surface area contributed by atoms with E-state index in [1.807, 2.05) is 13.0 Å². The normalized spacial score (nSPS) is 15.6. The smallest absolute Gasteiger partial charge is 0.335 e. The maximum absolute atomic E-state index is 11.1. The second-order valence-corrected chi connectivity index (χ2v) is 5.17. The van der Waals surface area contributed by atoms with E-state index in [2.05, 4.69) is 21.3 Å². The first-order chi connectivity index (χ1) is 9.65. The average Bonchev–Trinajstić information content (AvgIpc) is 2.46. The molecule has 0 saturated carbocycles. The zero-order valence-corrected chi connectivity index (χ0v) is 11.5. The van der Waals surface area contributed by atoms with E-state index in [4.69, 9.17) is 5.11 Å². The topological polar surface area (TPSA) is 70.0 Å². The van der Waals surface area contributed by atoms with Crippen molar-refractivity contribution in [1.29, 1.82) is 0 Å². The van der Waals surface area contributed by atoms with Gasteiger partial charge < -0.3 is 15.3 Å². The minimum Gasteiger partial charge on any atom is -0.478 e. The molecule has 1 aliphatic rings. The van der Waals surface area contributed by atoms with Crippen molar-refractivity contribution < 1.29 is 15.2 Å². The van der Waals surface area contributed by atoms with Gasteiger partial charge in [-0.1, -0.05) is 0 Å². The van der Waals surface area contributed by atoms with E-state index in [1.54, 1.807) is 12.1 Å². The van der Waals surface area contributed by atoms with E-state index in [0.29, 0.717) is 0 Å². The second-order valence-electron chi connectivity index (χ2n) is 5.17. The van der Waals surface area contributed by atoms with Crippen LogP contribution in [0.25, 0.3) is 10.9 Å². The summed E-state index contributed by atoms with van der Waals surface area (Å²) in [7, 11) is 0. The van der Waals surface area contributed by atoms with E-state index >= 15 is 0 Å². The third-order valence-electron chi connectivity index (χ3n) is 3.71. The van der Waals surface area contributed by atoms with Crippen LogP contribution in [0.5, 0.6) is 0 Å². The number of rotatable bonds is 2. The second kappa shape index (κ2) is 5.09. The summed E-state index contributed by atoms with van der Waals surface area (Å²) in [5.41, 5.74) is 3.13. The van der Waals surface area contributed by atoms with Gasteiger partial charge in [0.05, 0.1) is 37.3 Å². The molecule has 1 aliphatic heterocycles. The molecule has 1 aromatic heterocycles. The van der Waals surface area contributed by atoms with Crippen LogP contribution in [-0.2, 0) is 0 Å². The Morgan fingerprint density at radius 1 is 1.30 bits per heavy atom. The van der Waals surface area contributed by atoms with Crippen molar-refractivity contribution in [1.82, 2.24) is 4.98 Å². The van der Waals surface area contributed by atoms with E-state index in [0.717, 1.165) is 48.5 Å². The molecule has 5 nitrogen and oxygen atoms in total. The zero-order valence-electron chi connectivity index (χ0n) is 11.5. The molecule has 2 aromatic rings. The molecule has 0 amide bonds. The Labute approximate surface area is 117 Å². The molecule has 1 aromatic carbocycles. The molecule has 0 radical (unpaired) electrons. The first kappa shape index (κ1) is 12.9. The lowest BCUT2D eigenvalue weighted by Crippen LogP contribution is -2.89. The van der Waals surface area contributed by atoms with Crippen LogP contribution in [0.2, 0.25) is 0 Å². The van der Waals surface area contributed by atoms with Gasteiger partial charge in [-0.15, -0.1) is 0 Å². The van der Waals surface area contributed by atoms with Crippen LogP contribution < -0.4 is 10.2 Å². The molecule has 0 bridgehead atoms. The zero-order chi connectivity index (χ0) is 14.1. The molecule has 3 N–H and O–H groups in total. The SMILES string of the molecule is Cc1cc(N2CC[NH2+]CC2)c2ccc(C(=O)O)cc2n1. The Bertz CT molecular complexity index is 663. The number of hydrogen-bond donors (Lipinski definition) is 2. The highest BCUT2D eigenvalue weighted by Gasteiger charge is 2.17. The summed E-state index contributed by atoms with van der Waals surface area (Å²) in [6, 6.07) is 7.28. The number of quaternary nitrogens is 1. The Morgan fingerprint density at radius 3 is 2.75 bits per heavy atom. The number of aromatic nitrogens is 1. The predicted octanol–water partition coefficient (Wildman–Crippen LogP) is 0.625. The number of benzene rings is 1. The van der Waals surface area contributed by atoms with Gasteiger partial charge in [0.1, 0.15) is 0 Å². The largest absolute Gasteiger partial charge is 0.478 e. The monoisotopic (exact) mass is 272 g/mol. The third kappa shape index (κ3) is 2.32. The molecule has 5 heteroatoms. The highest BCUT2D eigenvalue weighted by atomic mass is 16.4. The number of hydrogen-bond acceptors (Lipinski definition) is 3. The minimum atomic E-state index is -0.913. The number of anilines is 1. The van der Waals surface area contributed by atoms with Gasteiger partial charge in [-0.25, -0.2) is 4.79 Å². The first-order valence-corrected chi connectivity index (χ1v) is 6.86. The fourth-order valence-electron chi connectivity index (χ4n) is 2.72. The lowest BCUT2D eigenvalue weighted by Gasteiger charge is -2.28. The number of piperazine rings is 1. The Kier molecular flexibility index (Phi) is 3.28. The molecule has 1 fully saturated rings. The Morgan fingerprint density at radius 2 is 2.05 bits per heavy atom. The van der Waals surface area contributed by atoms with Gasteiger partial charge in [-0.3, -0.25) is 4.98 Å². The van der Waals surface area contributed by atoms with Gasteiger partial charge in [-0.05, 0) is 31.2 Å². The molecule has 0 spiro atoms. The van der Waals surface area contributed by atoms with E-state index in [-0.39, 0.29) is 5.56 Å². The lowest BCUT2D eigenvalue weighted by atomic mass is 10.1. The highest BCUT2D eigenvalue weighted by molar-refractivity contribution is 5.97. The van der Waals surface area contributed by atoms with Crippen LogP contribution in [0.15, 0.2) is 24.3 Å². The van der Waals surface area contributed by atoms with E-state index in [1.165, 1.54) is 0 Å². The fraction of sp³-hybridized carbons (Fsp3) is 0.333. The lowest BCUT2D eigenvalue weighted by molar-refractivity contribution is -0.655. The quantitative estimate of drug-likeness (QED) is 0.841. The fourth-order valence-corrected chi connectivity index (χ4v) is 2.72. The number of carboxylic acid groups (broad SMARTS) is 1. The molecule has 1 saturated heterocycles. The summed E-state index contributed by atoms with van der Waals surface area (Å²) in [5, 5.41) is 12.4. The molecule has 20 heavy (non-hydrogen) atoms. The van der Waals surface area contributed by atoms with Gasteiger partial charge in [0.2, 0.25) is 0 Å². The molecule has 0 aliphatic carbocycles. The Hall–Kier alpha value is -2.14. The molecule has 2 heterocycles. The number of nitrogens with zero attached hydrogens (tertiary/aromatic N) is 2. The summed E-state index contributed by atoms with van der Waals surface area (Å²) in [5.74, 6) is -0.913. The average molecular weight is 272 g/mol. The molecule has 0 unspecified atom stereocenters. The minimum absolute atomic E-state index is 0.286. The molecule has 3 rings (SSSR count). The van der Waals surface area contributed by atoms with E-state index in [9.17, 15) is 4.79 Å². The van der Waals surface area contributed by atoms with Crippen LogP contribution >= 0.6 is 0 Å².